The van der Waals surface area contributed by atoms with Gasteiger partial charge in [-0.2, -0.15) is 0 Å². The third kappa shape index (κ3) is 4.28. The van der Waals surface area contributed by atoms with Gasteiger partial charge in [-0.1, -0.05) is 49.7 Å². The van der Waals surface area contributed by atoms with Crippen LogP contribution in [0, 0.1) is 6.92 Å². The first kappa shape index (κ1) is 22.1. The number of benzene rings is 2. The molecule has 0 aliphatic carbocycles. The number of piperazine rings is 1. The Kier molecular flexibility index (Phi) is 6.61. The minimum absolute atomic E-state index is 0.261. The van der Waals surface area contributed by atoms with E-state index in [1.165, 1.54) is 4.90 Å². The normalized spacial score (nSPS) is 17.5. The second-order valence-corrected chi connectivity index (χ2v) is 8.30. The molecule has 2 aliphatic heterocycles. The quantitative estimate of drug-likeness (QED) is 0.623. The van der Waals surface area contributed by atoms with Gasteiger partial charge in [-0.15, -0.1) is 0 Å². The third-order valence-corrected chi connectivity index (χ3v) is 6.08. The minimum Gasteiger partial charge on any atom is -0.494 e. The standard InChI is InChI=1S/C26H31N3O3/c1-4-17-32-22-8-6-7-21(18-22)29-25(30)23(20-11-9-19(3)10-12-20)24(26(29)31)28-15-13-27(5-2)14-16-28/h6-12,18H,4-5,13-17H2,1-3H3. The molecule has 1 fully saturated rings. The molecule has 32 heavy (non-hydrogen) atoms. The van der Waals surface area contributed by atoms with Crippen molar-refractivity contribution in [1.29, 1.82) is 0 Å². The molecule has 2 aromatic carbocycles. The van der Waals surface area contributed by atoms with Crippen molar-refractivity contribution in [3.63, 3.8) is 0 Å². The zero-order chi connectivity index (χ0) is 22.7. The minimum atomic E-state index is -0.278. The maximum atomic E-state index is 13.7. The van der Waals surface area contributed by atoms with Crippen LogP contribution in [0.5, 0.6) is 5.75 Å². The molecule has 2 aliphatic rings. The molecule has 168 valence electrons. The average Bonchev–Trinajstić information content (AvgIpc) is 3.08. The van der Waals surface area contributed by atoms with Crippen LogP contribution in [0.1, 0.15) is 31.4 Å². The van der Waals surface area contributed by atoms with E-state index in [0.717, 1.165) is 50.3 Å². The van der Waals surface area contributed by atoms with E-state index in [-0.39, 0.29) is 11.8 Å². The summed E-state index contributed by atoms with van der Waals surface area (Å²) in [5, 5.41) is 0. The van der Waals surface area contributed by atoms with Gasteiger partial charge >= 0.3 is 0 Å². The summed E-state index contributed by atoms with van der Waals surface area (Å²) in [6.07, 6.45) is 0.888. The molecule has 0 radical (unpaired) electrons. The summed E-state index contributed by atoms with van der Waals surface area (Å²) >= 11 is 0. The first-order valence-corrected chi connectivity index (χ1v) is 11.4. The molecule has 0 spiro atoms. The van der Waals surface area contributed by atoms with Crippen molar-refractivity contribution in [2.45, 2.75) is 27.2 Å². The van der Waals surface area contributed by atoms with E-state index in [1.54, 1.807) is 12.1 Å². The number of anilines is 1. The molecule has 1 saturated heterocycles. The van der Waals surface area contributed by atoms with Gasteiger partial charge in [0.05, 0.1) is 17.9 Å². The first-order valence-electron chi connectivity index (χ1n) is 11.4. The smallest absolute Gasteiger partial charge is 0.282 e. The lowest BCUT2D eigenvalue weighted by molar-refractivity contribution is -0.120. The SMILES string of the molecule is CCCOc1cccc(N2C(=O)C(c3ccc(C)cc3)=C(N3CCN(CC)CC3)C2=O)c1. The highest BCUT2D eigenvalue weighted by Gasteiger charge is 2.43. The second kappa shape index (κ2) is 9.57. The van der Waals surface area contributed by atoms with E-state index >= 15 is 0 Å². The number of hydrogen-bond donors (Lipinski definition) is 0. The second-order valence-electron chi connectivity index (χ2n) is 8.30. The Morgan fingerprint density at radius 2 is 1.62 bits per heavy atom. The highest BCUT2D eigenvalue weighted by molar-refractivity contribution is 6.45. The molecule has 0 bridgehead atoms. The van der Waals surface area contributed by atoms with Crippen LogP contribution in [-0.2, 0) is 9.59 Å². The summed E-state index contributed by atoms with van der Waals surface area (Å²) in [6, 6.07) is 15.1. The molecule has 4 rings (SSSR count). The zero-order valence-electron chi connectivity index (χ0n) is 19.1. The molecule has 0 atom stereocenters. The molecule has 6 heteroatoms. The average molecular weight is 434 g/mol. The molecular weight excluding hydrogens is 402 g/mol. The Labute approximate surface area is 190 Å². The fourth-order valence-corrected chi connectivity index (χ4v) is 4.25. The monoisotopic (exact) mass is 433 g/mol. The maximum Gasteiger partial charge on any atom is 0.282 e. The first-order chi connectivity index (χ1) is 15.5. The van der Waals surface area contributed by atoms with Gasteiger partial charge in [0.2, 0.25) is 0 Å². The van der Waals surface area contributed by atoms with Crippen LogP contribution in [0.15, 0.2) is 54.2 Å². The summed E-state index contributed by atoms with van der Waals surface area (Å²) in [4.78, 5) is 33.1. The summed E-state index contributed by atoms with van der Waals surface area (Å²) in [5.74, 6) is 0.120. The van der Waals surface area contributed by atoms with Gasteiger partial charge in [-0.25, -0.2) is 4.90 Å². The number of carbonyl (C=O) groups excluding carboxylic acids is 2. The number of aryl methyl sites for hydroxylation is 1. The Bertz CT molecular complexity index is 1020. The number of hydrogen-bond acceptors (Lipinski definition) is 5. The van der Waals surface area contributed by atoms with Crippen molar-refractivity contribution in [3.05, 3.63) is 65.4 Å². The third-order valence-electron chi connectivity index (χ3n) is 6.08. The van der Waals surface area contributed by atoms with Gasteiger partial charge in [0, 0.05) is 32.2 Å². The van der Waals surface area contributed by atoms with E-state index in [9.17, 15) is 9.59 Å². The lowest BCUT2D eigenvalue weighted by atomic mass is 10.0. The van der Waals surface area contributed by atoms with Crippen LogP contribution < -0.4 is 9.64 Å². The van der Waals surface area contributed by atoms with Crippen molar-refractivity contribution in [2.75, 3.05) is 44.2 Å². The largest absolute Gasteiger partial charge is 0.494 e. The molecule has 0 saturated carbocycles. The fourth-order valence-electron chi connectivity index (χ4n) is 4.25. The van der Waals surface area contributed by atoms with E-state index in [2.05, 4.69) is 16.7 Å². The molecule has 0 unspecified atom stereocenters. The van der Waals surface area contributed by atoms with Crippen LogP contribution in [0.3, 0.4) is 0 Å². The van der Waals surface area contributed by atoms with Crippen LogP contribution in [-0.4, -0.2) is 60.9 Å². The van der Waals surface area contributed by atoms with Crippen molar-refractivity contribution in [1.82, 2.24) is 9.80 Å². The molecule has 2 amide bonds. The van der Waals surface area contributed by atoms with E-state index < -0.39 is 0 Å². The number of ether oxygens (including phenoxy) is 1. The maximum absolute atomic E-state index is 13.7. The number of likely N-dealkylation sites (N-methyl/N-ethyl adjacent to an activating group) is 1. The van der Waals surface area contributed by atoms with Crippen molar-refractivity contribution in [2.24, 2.45) is 0 Å². The van der Waals surface area contributed by atoms with E-state index in [4.69, 9.17) is 4.74 Å². The lowest BCUT2D eigenvalue weighted by Crippen LogP contribution is -2.47. The summed E-state index contributed by atoms with van der Waals surface area (Å²) in [5.41, 5.74) is 3.43. The Morgan fingerprint density at radius 3 is 2.28 bits per heavy atom. The van der Waals surface area contributed by atoms with Crippen molar-refractivity contribution < 1.29 is 14.3 Å². The number of carbonyl (C=O) groups is 2. The predicted molar refractivity (Wildman–Crippen MR) is 127 cm³/mol. The summed E-state index contributed by atoms with van der Waals surface area (Å²) in [7, 11) is 0. The number of rotatable bonds is 7. The molecule has 2 aromatic rings. The van der Waals surface area contributed by atoms with Crippen molar-refractivity contribution in [3.8, 4) is 5.75 Å². The number of imide groups is 1. The van der Waals surface area contributed by atoms with Crippen LogP contribution in [0.2, 0.25) is 0 Å². The van der Waals surface area contributed by atoms with E-state index in [0.29, 0.717) is 29.3 Å². The van der Waals surface area contributed by atoms with Gasteiger partial charge in [-0.3, -0.25) is 9.59 Å². The zero-order valence-corrected chi connectivity index (χ0v) is 19.1. The van der Waals surface area contributed by atoms with Gasteiger partial charge < -0.3 is 14.5 Å². The van der Waals surface area contributed by atoms with Gasteiger partial charge in [0.15, 0.2) is 0 Å². The van der Waals surface area contributed by atoms with E-state index in [1.807, 2.05) is 50.2 Å². The highest BCUT2D eigenvalue weighted by Crippen LogP contribution is 2.36. The summed E-state index contributed by atoms with van der Waals surface area (Å²) in [6.45, 7) is 11.0. The van der Waals surface area contributed by atoms with Gasteiger partial charge in [0.25, 0.3) is 11.8 Å². The fraction of sp³-hybridized carbons (Fsp3) is 0.385. The van der Waals surface area contributed by atoms with Crippen LogP contribution in [0.25, 0.3) is 5.57 Å². The Hall–Kier alpha value is -3.12. The van der Waals surface area contributed by atoms with Crippen LogP contribution in [0.4, 0.5) is 5.69 Å². The Morgan fingerprint density at radius 1 is 0.906 bits per heavy atom. The number of amides is 2. The topological polar surface area (TPSA) is 53.1 Å². The molecule has 0 N–H and O–H groups in total. The molecule has 0 aromatic heterocycles. The molecular formula is C26H31N3O3. The molecule has 2 heterocycles. The highest BCUT2D eigenvalue weighted by atomic mass is 16.5. The van der Waals surface area contributed by atoms with Crippen LogP contribution >= 0.6 is 0 Å². The lowest BCUT2D eigenvalue weighted by Gasteiger charge is -2.36. The predicted octanol–water partition coefficient (Wildman–Crippen LogP) is 3.71. The van der Waals surface area contributed by atoms with Gasteiger partial charge in [-0.05, 0) is 37.6 Å². The summed E-state index contributed by atoms with van der Waals surface area (Å²) < 4.78 is 5.74. The molecule has 6 nitrogen and oxygen atoms in total. The number of nitrogens with zero attached hydrogens (tertiary/aromatic N) is 3. The van der Waals surface area contributed by atoms with Gasteiger partial charge in [0.1, 0.15) is 11.4 Å². The van der Waals surface area contributed by atoms with Crippen molar-refractivity contribution >= 4 is 23.1 Å². The Balaban J connectivity index is 1.72.